The third-order valence-corrected chi connectivity index (χ3v) is 5.94. The summed E-state index contributed by atoms with van der Waals surface area (Å²) in [4.78, 5) is 14.9. The molecule has 2 aliphatic heterocycles. The number of nitrogens with one attached hydrogen (secondary N) is 1. The zero-order valence-electron chi connectivity index (χ0n) is 15.7. The van der Waals surface area contributed by atoms with Crippen molar-refractivity contribution in [3.8, 4) is 0 Å². The van der Waals surface area contributed by atoms with Crippen molar-refractivity contribution < 1.29 is 9.53 Å². The monoisotopic (exact) mass is 344 g/mol. The Kier molecular flexibility index (Phi) is 6.35. The summed E-state index contributed by atoms with van der Waals surface area (Å²) in [5.41, 5.74) is 2.47. The SMILES string of the molecule is CC1CCN(c2ccc(CNC(=O)C(C)C3CCOCC3)cc2)CC1. The van der Waals surface area contributed by atoms with Crippen molar-refractivity contribution in [2.24, 2.45) is 17.8 Å². The van der Waals surface area contributed by atoms with Gasteiger partial charge in [-0.25, -0.2) is 0 Å². The van der Waals surface area contributed by atoms with E-state index in [0.717, 1.165) is 45.1 Å². The third-order valence-electron chi connectivity index (χ3n) is 5.94. The van der Waals surface area contributed by atoms with Crippen LogP contribution in [0, 0.1) is 17.8 Å². The second-order valence-electron chi connectivity index (χ2n) is 7.79. The van der Waals surface area contributed by atoms with Crippen LogP contribution in [-0.4, -0.2) is 32.2 Å². The van der Waals surface area contributed by atoms with Gasteiger partial charge in [0.2, 0.25) is 5.91 Å². The first-order valence-electron chi connectivity index (χ1n) is 9.83. The standard InChI is InChI=1S/C21H32N2O2/c1-16-7-11-23(12-8-16)20-5-3-18(4-6-20)15-22-21(24)17(2)19-9-13-25-14-10-19/h3-6,16-17,19H,7-15H2,1-2H3,(H,22,24). The highest BCUT2D eigenvalue weighted by atomic mass is 16.5. The molecule has 25 heavy (non-hydrogen) atoms. The van der Waals surface area contributed by atoms with Crippen molar-refractivity contribution in [3.05, 3.63) is 29.8 Å². The fraction of sp³-hybridized carbons (Fsp3) is 0.667. The fourth-order valence-electron chi connectivity index (χ4n) is 3.87. The molecule has 0 aliphatic carbocycles. The number of carbonyl (C=O) groups excluding carboxylic acids is 1. The van der Waals surface area contributed by atoms with Crippen molar-refractivity contribution in [1.29, 1.82) is 0 Å². The molecule has 0 aromatic heterocycles. The summed E-state index contributed by atoms with van der Waals surface area (Å²) in [6, 6.07) is 8.68. The lowest BCUT2D eigenvalue weighted by Gasteiger charge is -2.32. The Labute approximate surface area is 151 Å². The van der Waals surface area contributed by atoms with Gasteiger partial charge in [0.25, 0.3) is 0 Å². The lowest BCUT2D eigenvalue weighted by molar-refractivity contribution is -0.127. The summed E-state index contributed by atoms with van der Waals surface area (Å²) in [5.74, 6) is 1.54. The molecule has 1 aromatic rings. The van der Waals surface area contributed by atoms with E-state index in [4.69, 9.17) is 4.74 Å². The maximum Gasteiger partial charge on any atom is 0.223 e. The molecule has 0 bridgehead atoms. The van der Waals surface area contributed by atoms with E-state index < -0.39 is 0 Å². The van der Waals surface area contributed by atoms with E-state index in [1.165, 1.54) is 24.1 Å². The number of amides is 1. The molecule has 2 aliphatic rings. The normalized spacial score (nSPS) is 21.1. The number of rotatable bonds is 5. The van der Waals surface area contributed by atoms with Crippen molar-refractivity contribution in [2.75, 3.05) is 31.2 Å². The number of anilines is 1. The van der Waals surface area contributed by atoms with E-state index in [1.807, 2.05) is 6.92 Å². The molecule has 1 amide bonds. The van der Waals surface area contributed by atoms with Gasteiger partial charge in [0, 0.05) is 44.5 Å². The molecule has 3 rings (SSSR count). The Hall–Kier alpha value is -1.55. The largest absolute Gasteiger partial charge is 0.381 e. The smallest absolute Gasteiger partial charge is 0.223 e. The van der Waals surface area contributed by atoms with Crippen LogP contribution in [0.5, 0.6) is 0 Å². The molecular formula is C21H32N2O2. The molecule has 4 nitrogen and oxygen atoms in total. The fourth-order valence-corrected chi connectivity index (χ4v) is 3.87. The maximum atomic E-state index is 12.4. The third kappa shape index (κ3) is 4.97. The number of benzene rings is 1. The number of hydrogen-bond donors (Lipinski definition) is 1. The van der Waals surface area contributed by atoms with Gasteiger partial charge in [-0.05, 0) is 55.2 Å². The van der Waals surface area contributed by atoms with Gasteiger partial charge in [-0.3, -0.25) is 4.79 Å². The summed E-state index contributed by atoms with van der Waals surface area (Å²) in [7, 11) is 0. The molecular weight excluding hydrogens is 312 g/mol. The summed E-state index contributed by atoms with van der Waals surface area (Å²) < 4.78 is 5.39. The first kappa shape index (κ1) is 18.2. The molecule has 1 N–H and O–H groups in total. The minimum Gasteiger partial charge on any atom is -0.381 e. The topological polar surface area (TPSA) is 41.6 Å². The number of piperidine rings is 1. The Morgan fingerprint density at radius 2 is 1.80 bits per heavy atom. The van der Waals surface area contributed by atoms with E-state index in [9.17, 15) is 4.79 Å². The molecule has 1 atom stereocenters. The Bertz CT molecular complexity index is 544. The zero-order valence-corrected chi connectivity index (χ0v) is 15.7. The summed E-state index contributed by atoms with van der Waals surface area (Å²) in [6.45, 7) is 8.89. The van der Waals surface area contributed by atoms with Crippen LogP contribution < -0.4 is 10.2 Å². The highest BCUT2D eigenvalue weighted by Gasteiger charge is 2.25. The van der Waals surface area contributed by atoms with Crippen LogP contribution in [-0.2, 0) is 16.1 Å². The van der Waals surface area contributed by atoms with E-state index >= 15 is 0 Å². The lowest BCUT2D eigenvalue weighted by atomic mass is 9.87. The van der Waals surface area contributed by atoms with E-state index in [0.29, 0.717) is 12.5 Å². The zero-order chi connectivity index (χ0) is 17.6. The maximum absolute atomic E-state index is 12.4. The van der Waals surface area contributed by atoms with Crippen LogP contribution in [0.2, 0.25) is 0 Å². The second kappa shape index (κ2) is 8.70. The van der Waals surface area contributed by atoms with Gasteiger partial charge in [-0.15, -0.1) is 0 Å². The van der Waals surface area contributed by atoms with Crippen LogP contribution in [0.15, 0.2) is 24.3 Å². The minimum absolute atomic E-state index is 0.0681. The average Bonchev–Trinajstić information content (AvgIpc) is 2.67. The molecule has 0 radical (unpaired) electrons. The van der Waals surface area contributed by atoms with Crippen molar-refractivity contribution in [1.82, 2.24) is 5.32 Å². The van der Waals surface area contributed by atoms with Gasteiger partial charge >= 0.3 is 0 Å². The first-order chi connectivity index (χ1) is 12.1. The highest BCUT2D eigenvalue weighted by Crippen LogP contribution is 2.25. The van der Waals surface area contributed by atoms with Crippen molar-refractivity contribution in [3.63, 3.8) is 0 Å². The van der Waals surface area contributed by atoms with Gasteiger partial charge in [-0.1, -0.05) is 26.0 Å². The molecule has 138 valence electrons. The quantitative estimate of drug-likeness (QED) is 0.887. The molecule has 0 spiro atoms. The van der Waals surface area contributed by atoms with Gasteiger partial charge < -0.3 is 15.0 Å². The van der Waals surface area contributed by atoms with Crippen LogP contribution in [0.4, 0.5) is 5.69 Å². The van der Waals surface area contributed by atoms with Crippen molar-refractivity contribution >= 4 is 11.6 Å². The molecule has 1 unspecified atom stereocenters. The minimum atomic E-state index is 0.0681. The van der Waals surface area contributed by atoms with Crippen LogP contribution in [0.1, 0.15) is 45.1 Å². The lowest BCUT2D eigenvalue weighted by Crippen LogP contribution is -2.35. The van der Waals surface area contributed by atoms with E-state index in [-0.39, 0.29) is 11.8 Å². The van der Waals surface area contributed by atoms with Crippen LogP contribution in [0.25, 0.3) is 0 Å². The van der Waals surface area contributed by atoms with Gasteiger partial charge in [0.1, 0.15) is 0 Å². The second-order valence-corrected chi connectivity index (χ2v) is 7.79. The van der Waals surface area contributed by atoms with Crippen LogP contribution in [0.3, 0.4) is 0 Å². The Balaban J connectivity index is 1.47. The van der Waals surface area contributed by atoms with Gasteiger partial charge in [-0.2, -0.15) is 0 Å². The predicted molar refractivity (Wildman–Crippen MR) is 102 cm³/mol. The van der Waals surface area contributed by atoms with Gasteiger partial charge in [0.05, 0.1) is 0 Å². The number of ether oxygens (including phenoxy) is 1. The molecule has 2 saturated heterocycles. The highest BCUT2D eigenvalue weighted by molar-refractivity contribution is 5.78. The first-order valence-corrected chi connectivity index (χ1v) is 9.83. The number of hydrogen-bond acceptors (Lipinski definition) is 3. The average molecular weight is 344 g/mol. The van der Waals surface area contributed by atoms with E-state index in [1.54, 1.807) is 0 Å². The van der Waals surface area contributed by atoms with Gasteiger partial charge in [0.15, 0.2) is 0 Å². The summed E-state index contributed by atoms with van der Waals surface area (Å²) in [6.07, 6.45) is 4.55. The predicted octanol–water partition coefficient (Wildman–Crippen LogP) is 3.60. The molecule has 4 heteroatoms. The summed E-state index contributed by atoms with van der Waals surface area (Å²) in [5, 5.41) is 3.11. The molecule has 2 heterocycles. The number of carbonyl (C=O) groups is 1. The molecule has 0 saturated carbocycles. The Morgan fingerprint density at radius 1 is 1.16 bits per heavy atom. The van der Waals surface area contributed by atoms with Crippen molar-refractivity contribution in [2.45, 2.75) is 46.1 Å². The molecule has 1 aromatic carbocycles. The van der Waals surface area contributed by atoms with E-state index in [2.05, 4.69) is 41.4 Å². The molecule has 2 fully saturated rings. The summed E-state index contributed by atoms with van der Waals surface area (Å²) >= 11 is 0. The number of nitrogens with zero attached hydrogens (tertiary/aromatic N) is 1. The van der Waals surface area contributed by atoms with Crippen LogP contribution >= 0.6 is 0 Å². The Morgan fingerprint density at radius 3 is 2.44 bits per heavy atom.